The summed E-state index contributed by atoms with van der Waals surface area (Å²) in [5.41, 5.74) is 7.63. The number of aromatic nitrogens is 2. The lowest BCUT2D eigenvalue weighted by Crippen LogP contribution is -2.15. The van der Waals surface area contributed by atoms with Gasteiger partial charge in [-0.15, -0.1) is 0 Å². The molecule has 4 nitrogen and oxygen atoms in total. The lowest BCUT2D eigenvalue weighted by Gasteiger charge is -2.13. The van der Waals surface area contributed by atoms with Crippen LogP contribution in [0.5, 0.6) is 0 Å². The van der Waals surface area contributed by atoms with Crippen LogP contribution < -0.4 is 5.73 Å². The Morgan fingerprint density at radius 2 is 2.39 bits per heavy atom. The van der Waals surface area contributed by atoms with E-state index in [0.717, 1.165) is 43.1 Å². The molecular formula is C14H17N3O. The number of nitrogen functional groups attached to an aromatic ring is 1. The molecule has 2 heterocycles. The molecule has 0 radical (unpaired) electrons. The van der Waals surface area contributed by atoms with Gasteiger partial charge in [-0.05, 0) is 25.0 Å². The molecule has 1 aliphatic rings. The largest absolute Gasteiger partial charge is 0.399 e. The van der Waals surface area contributed by atoms with Gasteiger partial charge in [-0.3, -0.25) is 0 Å². The maximum Gasteiger partial charge on any atom is 0.140 e. The zero-order valence-corrected chi connectivity index (χ0v) is 10.2. The van der Waals surface area contributed by atoms with Crippen LogP contribution in [0.4, 0.5) is 5.69 Å². The van der Waals surface area contributed by atoms with Gasteiger partial charge in [-0.25, -0.2) is 4.98 Å². The summed E-state index contributed by atoms with van der Waals surface area (Å²) in [6.45, 7) is 1.75. The average Bonchev–Trinajstić information content (AvgIpc) is 3.01. The van der Waals surface area contributed by atoms with E-state index in [2.05, 4.69) is 9.55 Å². The van der Waals surface area contributed by atoms with Crippen molar-refractivity contribution < 1.29 is 4.74 Å². The van der Waals surface area contributed by atoms with Crippen molar-refractivity contribution in [3.05, 3.63) is 36.7 Å². The molecule has 18 heavy (non-hydrogen) atoms. The normalized spacial score (nSPS) is 19.2. The summed E-state index contributed by atoms with van der Waals surface area (Å²) in [5, 5.41) is 0. The molecule has 4 heteroatoms. The zero-order valence-electron chi connectivity index (χ0n) is 10.2. The second-order valence-corrected chi connectivity index (χ2v) is 4.66. The standard InChI is InChI=1S/C14H17N3O/c15-12-4-1-3-11(9-12)14-16-6-7-17(14)10-13-5-2-8-18-13/h1,3-4,6-7,9,13H,2,5,8,10,15H2. The quantitative estimate of drug-likeness (QED) is 0.842. The van der Waals surface area contributed by atoms with Crippen LogP contribution in [0, 0.1) is 0 Å². The van der Waals surface area contributed by atoms with E-state index >= 15 is 0 Å². The highest BCUT2D eigenvalue weighted by Gasteiger charge is 2.17. The van der Waals surface area contributed by atoms with E-state index in [1.54, 1.807) is 0 Å². The molecule has 1 aromatic carbocycles. The molecule has 1 aliphatic heterocycles. The summed E-state index contributed by atoms with van der Waals surface area (Å²) in [6.07, 6.45) is 6.44. The lowest BCUT2D eigenvalue weighted by molar-refractivity contribution is 0.0974. The molecule has 1 atom stereocenters. The van der Waals surface area contributed by atoms with Crippen molar-refractivity contribution in [2.24, 2.45) is 0 Å². The van der Waals surface area contributed by atoms with Gasteiger partial charge < -0.3 is 15.0 Å². The molecule has 0 spiro atoms. The second kappa shape index (κ2) is 4.82. The molecule has 1 fully saturated rings. The SMILES string of the molecule is Nc1cccc(-c2nccn2CC2CCCO2)c1. The highest BCUT2D eigenvalue weighted by atomic mass is 16.5. The van der Waals surface area contributed by atoms with Crippen LogP contribution in [0.1, 0.15) is 12.8 Å². The molecule has 94 valence electrons. The summed E-state index contributed by atoms with van der Waals surface area (Å²) in [5.74, 6) is 0.956. The zero-order chi connectivity index (χ0) is 12.4. The monoisotopic (exact) mass is 243 g/mol. The fourth-order valence-electron chi connectivity index (χ4n) is 2.40. The Hall–Kier alpha value is -1.81. The highest BCUT2D eigenvalue weighted by Crippen LogP contribution is 2.22. The third-order valence-corrected chi connectivity index (χ3v) is 3.28. The Labute approximate surface area is 106 Å². The Morgan fingerprint density at radius 1 is 1.44 bits per heavy atom. The highest BCUT2D eigenvalue weighted by molar-refractivity contribution is 5.61. The number of nitrogens with two attached hydrogens (primary N) is 1. The minimum atomic E-state index is 0.319. The van der Waals surface area contributed by atoms with E-state index in [1.807, 2.05) is 36.7 Å². The Balaban J connectivity index is 1.86. The van der Waals surface area contributed by atoms with E-state index in [-0.39, 0.29) is 0 Å². The molecular weight excluding hydrogens is 226 g/mol. The maximum absolute atomic E-state index is 5.82. The lowest BCUT2D eigenvalue weighted by atomic mass is 10.2. The number of imidazole rings is 1. The van der Waals surface area contributed by atoms with Crippen molar-refractivity contribution in [1.82, 2.24) is 9.55 Å². The van der Waals surface area contributed by atoms with Crippen LogP contribution >= 0.6 is 0 Å². The predicted molar refractivity (Wildman–Crippen MR) is 71.0 cm³/mol. The summed E-state index contributed by atoms with van der Waals surface area (Å²) in [4.78, 5) is 4.42. The van der Waals surface area contributed by atoms with Crippen molar-refractivity contribution in [3.63, 3.8) is 0 Å². The Morgan fingerprint density at radius 3 is 3.17 bits per heavy atom. The van der Waals surface area contributed by atoms with Crippen LogP contribution in [0.25, 0.3) is 11.4 Å². The number of hydrogen-bond donors (Lipinski definition) is 1. The van der Waals surface area contributed by atoms with Gasteiger partial charge in [-0.2, -0.15) is 0 Å². The van der Waals surface area contributed by atoms with Gasteiger partial charge in [0.05, 0.1) is 12.6 Å². The van der Waals surface area contributed by atoms with E-state index in [1.165, 1.54) is 0 Å². The summed E-state index contributed by atoms with van der Waals surface area (Å²) in [7, 11) is 0. The first-order valence-corrected chi connectivity index (χ1v) is 6.31. The van der Waals surface area contributed by atoms with Crippen molar-refractivity contribution in [2.75, 3.05) is 12.3 Å². The number of nitrogens with zero attached hydrogens (tertiary/aromatic N) is 2. The predicted octanol–water partition coefficient (Wildman–Crippen LogP) is 2.31. The van der Waals surface area contributed by atoms with Gasteiger partial charge in [0.25, 0.3) is 0 Å². The first-order valence-electron chi connectivity index (χ1n) is 6.31. The third kappa shape index (κ3) is 2.24. The van der Waals surface area contributed by atoms with Crippen LogP contribution in [0.15, 0.2) is 36.7 Å². The van der Waals surface area contributed by atoms with Crippen molar-refractivity contribution in [3.8, 4) is 11.4 Å². The summed E-state index contributed by atoms with van der Waals surface area (Å²) < 4.78 is 7.81. The van der Waals surface area contributed by atoms with Crippen LogP contribution in [0.2, 0.25) is 0 Å². The van der Waals surface area contributed by atoms with Crippen LogP contribution in [-0.4, -0.2) is 22.3 Å². The van der Waals surface area contributed by atoms with E-state index in [0.29, 0.717) is 6.10 Å². The molecule has 0 bridgehead atoms. The second-order valence-electron chi connectivity index (χ2n) is 4.66. The topological polar surface area (TPSA) is 53.1 Å². The van der Waals surface area contributed by atoms with Gasteiger partial charge in [0.1, 0.15) is 5.82 Å². The number of anilines is 1. The molecule has 1 unspecified atom stereocenters. The smallest absolute Gasteiger partial charge is 0.140 e. The first-order chi connectivity index (χ1) is 8.83. The van der Waals surface area contributed by atoms with Crippen molar-refractivity contribution >= 4 is 5.69 Å². The number of hydrogen-bond acceptors (Lipinski definition) is 3. The van der Waals surface area contributed by atoms with Gasteiger partial charge in [0.15, 0.2) is 0 Å². The van der Waals surface area contributed by atoms with E-state index < -0.39 is 0 Å². The Bertz CT molecular complexity index is 529. The fourth-order valence-corrected chi connectivity index (χ4v) is 2.40. The molecule has 3 rings (SSSR count). The minimum Gasteiger partial charge on any atom is -0.399 e. The van der Waals surface area contributed by atoms with E-state index in [4.69, 9.17) is 10.5 Å². The third-order valence-electron chi connectivity index (χ3n) is 3.28. The van der Waals surface area contributed by atoms with Gasteiger partial charge in [-0.1, -0.05) is 12.1 Å². The Kier molecular flexibility index (Phi) is 3.02. The van der Waals surface area contributed by atoms with Gasteiger partial charge in [0.2, 0.25) is 0 Å². The van der Waals surface area contributed by atoms with Gasteiger partial charge >= 0.3 is 0 Å². The fraction of sp³-hybridized carbons (Fsp3) is 0.357. The van der Waals surface area contributed by atoms with Gasteiger partial charge in [0, 0.05) is 30.3 Å². The first kappa shape index (κ1) is 11.3. The molecule has 0 amide bonds. The minimum absolute atomic E-state index is 0.319. The molecule has 2 N–H and O–H groups in total. The van der Waals surface area contributed by atoms with Crippen molar-refractivity contribution in [2.45, 2.75) is 25.5 Å². The molecule has 1 aromatic heterocycles. The van der Waals surface area contributed by atoms with Crippen molar-refractivity contribution in [1.29, 1.82) is 0 Å². The number of rotatable bonds is 3. The van der Waals surface area contributed by atoms with Crippen LogP contribution in [0.3, 0.4) is 0 Å². The van der Waals surface area contributed by atoms with Crippen LogP contribution in [-0.2, 0) is 11.3 Å². The molecule has 0 aliphatic carbocycles. The number of benzene rings is 1. The summed E-state index contributed by atoms with van der Waals surface area (Å²) >= 11 is 0. The molecule has 2 aromatic rings. The molecule has 0 saturated carbocycles. The molecule has 1 saturated heterocycles. The average molecular weight is 243 g/mol. The number of ether oxygens (including phenoxy) is 1. The van der Waals surface area contributed by atoms with E-state index in [9.17, 15) is 0 Å². The summed E-state index contributed by atoms with van der Waals surface area (Å²) in [6, 6.07) is 7.83. The maximum atomic E-state index is 5.82.